The van der Waals surface area contributed by atoms with Gasteiger partial charge in [-0.3, -0.25) is 5.43 Å². The molecule has 0 atom stereocenters. The summed E-state index contributed by atoms with van der Waals surface area (Å²) in [5.74, 6) is 0. The quantitative estimate of drug-likeness (QED) is 0.455. The van der Waals surface area contributed by atoms with Gasteiger partial charge in [-0.05, 0) is 44.1 Å². The number of benzene rings is 1. The van der Waals surface area contributed by atoms with Crippen LogP contribution in [0.4, 0.5) is 0 Å². The van der Waals surface area contributed by atoms with Crippen molar-refractivity contribution in [2.24, 2.45) is 10.8 Å². The van der Waals surface area contributed by atoms with Crippen LogP contribution in [0.5, 0.6) is 0 Å². The molecule has 0 aromatic heterocycles. The standard InChI is InChI=1S/C11H15N3S/c1-7-5-4-6-10(8(7)2)9(3)13-14-11(12)15/h4-6H,1-3H3,(H3,12,14,15)/b13-9+. The molecular formula is C11H15N3S. The van der Waals surface area contributed by atoms with Crippen LogP contribution in [0.25, 0.3) is 0 Å². The van der Waals surface area contributed by atoms with E-state index in [1.807, 2.05) is 19.1 Å². The summed E-state index contributed by atoms with van der Waals surface area (Å²) in [5.41, 5.74) is 12.3. The fourth-order valence-corrected chi connectivity index (χ4v) is 1.39. The van der Waals surface area contributed by atoms with Gasteiger partial charge in [0.1, 0.15) is 0 Å². The Labute approximate surface area is 95.4 Å². The highest BCUT2D eigenvalue weighted by Gasteiger charge is 2.03. The minimum atomic E-state index is 0.180. The van der Waals surface area contributed by atoms with Gasteiger partial charge < -0.3 is 5.73 Å². The SMILES string of the molecule is C/C(=N\NC(N)=S)c1cccc(C)c1C. The zero-order chi connectivity index (χ0) is 11.4. The molecule has 0 heterocycles. The van der Waals surface area contributed by atoms with Crippen molar-refractivity contribution in [2.45, 2.75) is 20.8 Å². The summed E-state index contributed by atoms with van der Waals surface area (Å²) < 4.78 is 0. The highest BCUT2D eigenvalue weighted by molar-refractivity contribution is 7.80. The van der Waals surface area contributed by atoms with Crippen molar-refractivity contribution in [1.29, 1.82) is 0 Å². The average Bonchev–Trinajstić information content (AvgIpc) is 2.18. The van der Waals surface area contributed by atoms with Crippen molar-refractivity contribution in [3.63, 3.8) is 0 Å². The molecule has 3 N–H and O–H groups in total. The first-order chi connectivity index (χ1) is 7.02. The van der Waals surface area contributed by atoms with E-state index >= 15 is 0 Å². The summed E-state index contributed by atoms with van der Waals surface area (Å²) in [6.45, 7) is 6.07. The van der Waals surface area contributed by atoms with Gasteiger partial charge in [-0.1, -0.05) is 18.2 Å². The van der Waals surface area contributed by atoms with Crippen molar-refractivity contribution >= 4 is 23.0 Å². The zero-order valence-electron chi connectivity index (χ0n) is 9.16. The normalized spacial score (nSPS) is 11.3. The van der Waals surface area contributed by atoms with Crippen LogP contribution in [0.3, 0.4) is 0 Å². The Hall–Kier alpha value is -1.42. The van der Waals surface area contributed by atoms with Crippen LogP contribution < -0.4 is 11.2 Å². The zero-order valence-corrected chi connectivity index (χ0v) is 9.98. The number of rotatable bonds is 2. The van der Waals surface area contributed by atoms with Crippen molar-refractivity contribution < 1.29 is 0 Å². The van der Waals surface area contributed by atoms with Crippen molar-refractivity contribution in [3.05, 3.63) is 34.9 Å². The first-order valence-electron chi connectivity index (χ1n) is 4.68. The van der Waals surface area contributed by atoms with E-state index in [2.05, 4.69) is 42.7 Å². The van der Waals surface area contributed by atoms with E-state index in [9.17, 15) is 0 Å². The number of hydrazone groups is 1. The van der Waals surface area contributed by atoms with Gasteiger partial charge in [0.25, 0.3) is 0 Å². The Morgan fingerprint density at radius 3 is 2.67 bits per heavy atom. The molecular weight excluding hydrogens is 206 g/mol. The monoisotopic (exact) mass is 221 g/mol. The Morgan fingerprint density at radius 1 is 1.40 bits per heavy atom. The number of thiocarbonyl (C=S) groups is 1. The maximum Gasteiger partial charge on any atom is 0.184 e. The van der Waals surface area contributed by atoms with Crippen molar-refractivity contribution in [3.8, 4) is 0 Å². The van der Waals surface area contributed by atoms with Gasteiger partial charge in [-0.2, -0.15) is 5.10 Å². The topological polar surface area (TPSA) is 50.4 Å². The number of nitrogens with two attached hydrogens (primary N) is 1. The number of hydrogen-bond acceptors (Lipinski definition) is 2. The largest absolute Gasteiger partial charge is 0.375 e. The Kier molecular flexibility index (Phi) is 3.80. The molecule has 0 spiro atoms. The Balaban J connectivity index is 3.00. The fraction of sp³-hybridized carbons (Fsp3) is 0.273. The highest BCUT2D eigenvalue weighted by atomic mass is 32.1. The lowest BCUT2D eigenvalue weighted by molar-refractivity contribution is 1.03. The number of hydrogen-bond donors (Lipinski definition) is 2. The first kappa shape index (κ1) is 11.7. The lowest BCUT2D eigenvalue weighted by Crippen LogP contribution is -2.25. The maximum atomic E-state index is 5.30. The van der Waals surface area contributed by atoms with Gasteiger partial charge in [-0.25, -0.2) is 0 Å². The second-order valence-corrected chi connectivity index (χ2v) is 3.86. The van der Waals surface area contributed by atoms with E-state index in [4.69, 9.17) is 5.73 Å². The Morgan fingerprint density at radius 2 is 2.07 bits per heavy atom. The molecule has 0 saturated heterocycles. The molecule has 15 heavy (non-hydrogen) atoms. The molecule has 80 valence electrons. The molecule has 0 bridgehead atoms. The van der Waals surface area contributed by atoms with Gasteiger partial charge >= 0.3 is 0 Å². The molecule has 0 saturated carbocycles. The minimum absolute atomic E-state index is 0.180. The third-order valence-corrected chi connectivity index (χ3v) is 2.42. The van der Waals surface area contributed by atoms with Gasteiger partial charge in [0, 0.05) is 5.56 Å². The summed E-state index contributed by atoms with van der Waals surface area (Å²) in [7, 11) is 0. The third-order valence-electron chi connectivity index (χ3n) is 2.33. The van der Waals surface area contributed by atoms with Crippen LogP contribution in [-0.2, 0) is 0 Å². The molecule has 0 aliphatic heterocycles. The molecule has 3 nitrogen and oxygen atoms in total. The molecule has 0 aliphatic rings. The second kappa shape index (κ2) is 4.89. The lowest BCUT2D eigenvalue weighted by Gasteiger charge is -2.08. The molecule has 4 heteroatoms. The van der Waals surface area contributed by atoms with Crippen LogP contribution in [0, 0.1) is 13.8 Å². The van der Waals surface area contributed by atoms with Crippen LogP contribution in [-0.4, -0.2) is 10.8 Å². The fourth-order valence-electron chi connectivity index (χ4n) is 1.34. The highest BCUT2D eigenvalue weighted by Crippen LogP contribution is 2.13. The predicted octanol–water partition coefficient (Wildman–Crippen LogP) is 1.86. The summed E-state index contributed by atoms with van der Waals surface area (Å²) in [5, 5.41) is 4.28. The van der Waals surface area contributed by atoms with Crippen LogP contribution in [0.1, 0.15) is 23.6 Å². The number of nitrogens with zero attached hydrogens (tertiary/aromatic N) is 1. The summed E-state index contributed by atoms with van der Waals surface area (Å²) in [4.78, 5) is 0. The molecule has 1 aromatic carbocycles. The van der Waals surface area contributed by atoms with Crippen molar-refractivity contribution in [2.75, 3.05) is 0 Å². The van der Waals surface area contributed by atoms with E-state index in [0.29, 0.717) is 0 Å². The summed E-state index contributed by atoms with van der Waals surface area (Å²) >= 11 is 4.68. The van der Waals surface area contributed by atoms with E-state index in [0.717, 1.165) is 11.3 Å². The van der Waals surface area contributed by atoms with E-state index < -0.39 is 0 Å². The molecule has 0 amide bonds. The smallest absolute Gasteiger partial charge is 0.184 e. The maximum absolute atomic E-state index is 5.30. The number of nitrogens with one attached hydrogen (secondary N) is 1. The molecule has 0 fully saturated rings. The molecule has 0 radical (unpaired) electrons. The van der Waals surface area contributed by atoms with E-state index in [1.165, 1.54) is 11.1 Å². The van der Waals surface area contributed by atoms with Crippen LogP contribution >= 0.6 is 12.2 Å². The second-order valence-electron chi connectivity index (χ2n) is 3.42. The first-order valence-corrected chi connectivity index (χ1v) is 5.09. The average molecular weight is 221 g/mol. The Bertz CT molecular complexity index is 410. The summed E-state index contributed by atoms with van der Waals surface area (Å²) in [6, 6.07) is 6.12. The van der Waals surface area contributed by atoms with Gasteiger partial charge in [0.2, 0.25) is 0 Å². The molecule has 0 unspecified atom stereocenters. The van der Waals surface area contributed by atoms with Gasteiger partial charge in [0.05, 0.1) is 5.71 Å². The molecule has 1 rings (SSSR count). The lowest BCUT2D eigenvalue weighted by atomic mass is 10.0. The van der Waals surface area contributed by atoms with Crippen LogP contribution in [0.2, 0.25) is 0 Å². The molecule has 0 aliphatic carbocycles. The predicted molar refractivity (Wildman–Crippen MR) is 68.0 cm³/mol. The van der Waals surface area contributed by atoms with Gasteiger partial charge in [0.15, 0.2) is 5.11 Å². The third kappa shape index (κ3) is 3.02. The minimum Gasteiger partial charge on any atom is -0.375 e. The summed E-state index contributed by atoms with van der Waals surface area (Å²) in [6.07, 6.45) is 0. The van der Waals surface area contributed by atoms with E-state index in [-0.39, 0.29) is 5.11 Å². The molecule has 1 aromatic rings. The number of aryl methyl sites for hydroxylation is 1. The van der Waals surface area contributed by atoms with Crippen LogP contribution in [0.15, 0.2) is 23.3 Å². The van der Waals surface area contributed by atoms with E-state index in [1.54, 1.807) is 0 Å². The van der Waals surface area contributed by atoms with Crippen molar-refractivity contribution in [1.82, 2.24) is 5.43 Å². The van der Waals surface area contributed by atoms with Gasteiger partial charge in [-0.15, -0.1) is 0 Å².